The van der Waals surface area contributed by atoms with E-state index in [1.54, 1.807) is 35.9 Å². The molecule has 0 saturated heterocycles. The first-order valence-corrected chi connectivity index (χ1v) is 10.4. The highest BCUT2D eigenvalue weighted by molar-refractivity contribution is 6.36. The number of carbonyl (C=O) groups is 1. The molecule has 0 radical (unpaired) electrons. The van der Waals surface area contributed by atoms with E-state index in [2.05, 4.69) is 0 Å². The minimum Gasteiger partial charge on any atom is -0.332 e. The second-order valence-electron chi connectivity index (χ2n) is 7.18. The molecule has 4 aromatic rings. The van der Waals surface area contributed by atoms with E-state index in [0.717, 1.165) is 0 Å². The highest BCUT2D eigenvalue weighted by Gasteiger charge is 2.26. The molecule has 0 aliphatic heterocycles. The van der Waals surface area contributed by atoms with Gasteiger partial charge in [0.15, 0.2) is 0 Å². The summed E-state index contributed by atoms with van der Waals surface area (Å²) in [6, 6.07) is 20.7. The molecule has 4 rings (SSSR count). The smallest absolute Gasteiger partial charge is 0.266 e. The van der Waals surface area contributed by atoms with Crippen molar-refractivity contribution in [2.24, 2.45) is 0 Å². The maximum atomic E-state index is 13.4. The van der Waals surface area contributed by atoms with Crippen molar-refractivity contribution in [3.05, 3.63) is 105 Å². The van der Waals surface area contributed by atoms with Gasteiger partial charge in [-0.15, -0.1) is 0 Å². The molecule has 0 saturated carbocycles. The number of nitrogens with zero attached hydrogens (tertiary/aromatic N) is 3. The van der Waals surface area contributed by atoms with Gasteiger partial charge < -0.3 is 4.90 Å². The quantitative estimate of drug-likeness (QED) is 0.410. The Kier molecular flexibility index (Phi) is 5.81. The zero-order valence-corrected chi connectivity index (χ0v) is 18.4. The van der Waals surface area contributed by atoms with Crippen LogP contribution < -0.4 is 5.56 Å². The average molecular weight is 452 g/mol. The molecule has 1 unspecified atom stereocenters. The summed E-state index contributed by atoms with van der Waals surface area (Å²) >= 11 is 12.2. The number of halogens is 2. The van der Waals surface area contributed by atoms with Crippen LogP contribution in [0.25, 0.3) is 16.6 Å². The molecule has 0 N–H and O–H groups in total. The maximum Gasteiger partial charge on any atom is 0.266 e. The van der Waals surface area contributed by atoms with Crippen LogP contribution in [-0.4, -0.2) is 27.4 Å². The Morgan fingerprint density at radius 3 is 2.39 bits per heavy atom. The third-order valence-corrected chi connectivity index (χ3v) is 5.80. The van der Waals surface area contributed by atoms with Crippen molar-refractivity contribution in [1.82, 2.24) is 14.5 Å². The van der Waals surface area contributed by atoms with Gasteiger partial charge in [0.05, 0.1) is 33.2 Å². The van der Waals surface area contributed by atoms with E-state index in [-0.39, 0.29) is 16.5 Å². The molecule has 31 heavy (non-hydrogen) atoms. The lowest BCUT2D eigenvalue weighted by Gasteiger charge is -2.27. The minimum absolute atomic E-state index is 0.191. The summed E-state index contributed by atoms with van der Waals surface area (Å²) in [6.07, 6.45) is 0. The molecule has 156 valence electrons. The van der Waals surface area contributed by atoms with Crippen molar-refractivity contribution in [3.63, 3.8) is 0 Å². The third-order valence-electron chi connectivity index (χ3n) is 5.25. The van der Waals surface area contributed by atoms with Crippen LogP contribution in [0.2, 0.25) is 10.0 Å². The molecule has 0 bridgehead atoms. The van der Waals surface area contributed by atoms with Gasteiger partial charge in [0.1, 0.15) is 5.82 Å². The molecule has 1 aromatic heterocycles. The van der Waals surface area contributed by atoms with Crippen molar-refractivity contribution < 1.29 is 4.79 Å². The van der Waals surface area contributed by atoms with Crippen molar-refractivity contribution in [1.29, 1.82) is 0 Å². The number of benzene rings is 3. The predicted octanol–water partition coefficient (Wildman–Crippen LogP) is 5.53. The van der Waals surface area contributed by atoms with E-state index >= 15 is 0 Å². The number of para-hydroxylation sites is 2. The van der Waals surface area contributed by atoms with Crippen molar-refractivity contribution in [2.45, 2.75) is 13.0 Å². The van der Waals surface area contributed by atoms with E-state index in [9.17, 15) is 9.59 Å². The molecule has 0 spiro atoms. The van der Waals surface area contributed by atoms with Crippen LogP contribution in [-0.2, 0) is 0 Å². The van der Waals surface area contributed by atoms with E-state index in [1.165, 1.54) is 11.0 Å². The largest absolute Gasteiger partial charge is 0.332 e. The van der Waals surface area contributed by atoms with Crippen LogP contribution in [0.1, 0.15) is 29.1 Å². The van der Waals surface area contributed by atoms with Crippen LogP contribution in [0.5, 0.6) is 0 Å². The summed E-state index contributed by atoms with van der Waals surface area (Å²) in [5.74, 6) is 0.159. The van der Waals surface area contributed by atoms with Crippen molar-refractivity contribution in [2.75, 3.05) is 7.05 Å². The number of hydrogen-bond acceptors (Lipinski definition) is 3. The second kappa shape index (κ2) is 8.53. The summed E-state index contributed by atoms with van der Waals surface area (Å²) in [5, 5.41) is 1.23. The number of carbonyl (C=O) groups excluding carboxylic acids is 1. The SMILES string of the molecule is CC(c1nc2ccccc2c(=O)n1-c1ccccc1)N(C)C(=O)c1ccc(Cl)cc1Cl. The molecule has 1 heterocycles. The van der Waals surface area contributed by atoms with E-state index in [4.69, 9.17) is 28.2 Å². The van der Waals surface area contributed by atoms with Crippen molar-refractivity contribution >= 4 is 40.0 Å². The topological polar surface area (TPSA) is 55.2 Å². The molecule has 0 aliphatic rings. The summed E-state index contributed by atoms with van der Waals surface area (Å²) < 4.78 is 1.56. The van der Waals surface area contributed by atoms with E-state index in [0.29, 0.717) is 33.0 Å². The molecule has 0 fully saturated rings. The van der Waals surface area contributed by atoms with Gasteiger partial charge in [-0.25, -0.2) is 4.98 Å². The van der Waals surface area contributed by atoms with Gasteiger partial charge in [-0.05, 0) is 49.4 Å². The first-order valence-electron chi connectivity index (χ1n) is 9.68. The Balaban J connectivity index is 1.86. The van der Waals surface area contributed by atoms with Gasteiger partial charge in [-0.1, -0.05) is 53.5 Å². The maximum absolute atomic E-state index is 13.4. The number of rotatable bonds is 4. The van der Waals surface area contributed by atoms with Crippen molar-refractivity contribution in [3.8, 4) is 5.69 Å². The van der Waals surface area contributed by atoms with Gasteiger partial charge in [0.2, 0.25) is 0 Å². The Morgan fingerprint density at radius 2 is 1.68 bits per heavy atom. The Bertz CT molecular complexity index is 1340. The number of hydrogen-bond donors (Lipinski definition) is 0. The molecule has 5 nitrogen and oxygen atoms in total. The van der Waals surface area contributed by atoms with Gasteiger partial charge in [-0.3, -0.25) is 14.2 Å². The Morgan fingerprint density at radius 1 is 1.00 bits per heavy atom. The van der Waals surface area contributed by atoms with Crippen LogP contribution in [0.15, 0.2) is 77.6 Å². The zero-order valence-electron chi connectivity index (χ0n) is 16.9. The fourth-order valence-electron chi connectivity index (χ4n) is 3.46. The lowest BCUT2D eigenvalue weighted by Crippen LogP contribution is -2.35. The average Bonchev–Trinajstić information content (AvgIpc) is 2.78. The van der Waals surface area contributed by atoms with E-state index < -0.39 is 6.04 Å². The van der Waals surface area contributed by atoms with E-state index in [1.807, 2.05) is 49.4 Å². The third kappa shape index (κ3) is 3.94. The molecular weight excluding hydrogens is 433 g/mol. The molecular formula is C24H19Cl2N3O2. The summed E-state index contributed by atoms with van der Waals surface area (Å²) in [7, 11) is 1.66. The lowest BCUT2D eigenvalue weighted by molar-refractivity contribution is 0.0735. The summed E-state index contributed by atoms with van der Waals surface area (Å²) in [6.45, 7) is 1.83. The highest BCUT2D eigenvalue weighted by atomic mass is 35.5. The Hall–Kier alpha value is -3.15. The highest BCUT2D eigenvalue weighted by Crippen LogP contribution is 2.26. The van der Waals surface area contributed by atoms with Gasteiger partial charge in [-0.2, -0.15) is 0 Å². The van der Waals surface area contributed by atoms with Crippen LogP contribution in [0.4, 0.5) is 0 Å². The fourth-order valence-corrected chi connectivity index (χ4v) is 3.95. The lowest BCUT2D eigenvalue weighted by atomic mass is 10.1. The number of amides is 1. The number of fused-ring (bicyclic) bond motifs is 1. The zero-order chi connectivity index (χ0) is 22.1. The molecule has 1 amide bonds. The number of aromatic nitrogens is 2. The minimum atomic E-state index is -0.517. The summed E-state index contributed by atoms with van der Waals surface area (Å²) in [5.41, 5.74) is 1.39. The van der Waals surface area contributed by atoms with Gasteiger partial charge in [0.25, 0.3) is 11.5 Å². The first-order chi connectivity index (χ1) is 14.9. The van der Waals surface area contributed by atoms with Gasteiger partial charge in [0, 0.05) is 12.1 Å². The molecule has 3 aromatic carbocycles. The van der Waals surface area contributed by atoms with Crippen LogP contribution in [0, 0.1) is 0 Å². The molecule has 7 heteroatoms. The fraction of sp³-hybridized carbons (Fsp3) is 0.125. The standard InChI is InChI=1S/C24H19Cl2N3O2/c1-15(28(2)23(30)18-13-12-16(25)14-20(18)26)22-27-21-11-7-6-10-19(21)24(31)29(22)17-8-4-3-5-9-17/h3-15H,1-2H3. The first kappa shape index (κ1) is 21.1. The summed E-state index contributed by atoms with van der Waals surface area (Å²) in [4.78, 5) is 32.8. The second-order valence-corrected chi connectivity index (χ2v) is 8.02. The predicted molar refractivity (Wildman–Crippen MR) is 124 cm³/mol. The monoisotopic (exact) mass is 451 g/mol. The van der Waals surface area contributed by atoms with Crippen LogP contribution >= 0.6 is 23.2 Å². The molecule has 1 atom stereocenters. The molecule has 0 aliphatic carbocycles. The van der Waals surface area contributed by atoms with Gasteiger partial charge >= 0.3 is 0 Å². The Labute approximate surface area is 189 Å². The normalized spacial score (nSPS) is 12.0. The van der Waals surface area contributed by atoms with Crippen LogP contribution in [0.3, 0.4) is 0 Å².